The van der Waals surface area contributed by atoms with Crippen LogP contribution >= 0.6 is 23.2 Å². The van der Waals surface area contributed by atoms with E-state index in [9.17, 15) is 0 Å². The van der Waals surface area contributed by atoms with E-state index in [0.717, 1.165) is 22.8 Å². The Kier molecular flexibility index (Phi) is 4.18. The number of rotatable bonds is 4. The van der Waals surface area contributed by atoms with E-state index in [0.29, 0.717) is 16.6 Å². The molecule has 106 valence electrons. The zero-order valence-corrected chi connectivity index (χ0v) is 12.7. The molecule has 1 aromatic heterocycles. The first kappa shape index (κ1) is 14.1. The number of halogens is 2. The van der Waals surface area contributed by atoms with Crippen LogP contribution in [0.1, 0.15) is 5.76 Å². The second-order valence-electron chi connectivity index (χ2n) is 4.61. The first-order valence-electron chi connectivity index (χ1n) is 6.55. The molecule has 0 bridgehead atoms. The molecule has 0 radical (unpaired) electrons. The van der Waals surface area contributed by atoms with Crippen LogP contribution < -0.4 is 5.32 Å². The SMILES string of the molecule is Clc1cccc(NCc2ccc(-c3ccccc3Cl)o2)c1. The van der Waals surface area contributed by atoms with Gasteiger partial charge in [0.15, 0.2) is 0 Å². The van der Waals surface area contributed by atoms with Gasteiger partial charge in [-0.2, -0.15) is 0 Å². The molecule has 3 aromatic rings. The van der Waals surface area contributed by atoms with Crippen molar-refractivity contribution in [2.24, 2.45) is 0 Å². The van der Waals surface area contributed by atoms with E-state index < -0.39 is 0 Å². The van der Waals surface area contributed by atoms with Gasteiger partial charge in [-0.25, -0.2) is 0 Å². The zero-order chi connectivity index (χ0) is 14.7. The van der Waals surface area contributed by atoms with E-state index in [-0.39, 0.29) is 0 Å². The van der Waals surface area contributed by atoms with E-state index in [1.165, 1.54) is 0 Å². The van der Waals surface area contributed by atoms with Crippen molar-refractivity contribution in [3.63, 3.8) is 0 Å². The summed E-state index contributed by atoms with van der Waals surface area (Å²) in [5.41, 5.74) is 1.85. The van der Waals surface area contributed by atoms with Crippen LogP contribution in [0.4, 0.5) is 5.69 Å². The van der Waals surface area contributed by atoms with Gasteiger partial charge in [-0.15, -0.1) is 0 Å². The van der Waals surface area contributed by atoms with Crippen LogP contribution in [0.2, 0.25) is 10.0 Å². The number of hydrogen-bond acceptors (Lipinski definition) is 2. The molecule has 2 nitrogen and oxygen atoms in total. The maximum Gasteiger partial charge on any atom is 0.135 e. The molecule has 1 heterocycles. The minimum Gasteiger partial charge on any atom is -0.459 e. The van der Waals surface area contributed by atoms with E-state index in [2.05, 4.69) is 5.32 Å². The van der Waals surface area contributed by atoms with Gasteiger partial charge in [-0.3, -0.25) is 0 Å². The summed E-state index contributed by atoms with van der Waals surface area (Å²) in [4.78, 5) is 0. The molecule has 0 aliphatic rings. The Morgan fingerprint density at radius 2 is 1.76 bits per heavy atom. The van der Waals surface area contributed by atoms with Crippen molar-refractivity contribution in [3.8, 4) is 11.3 Å². The molecule has 1 N–H and O–H groups in total. The number of anilines is 1. The second-order valence-corrected chi connectivity index (χ2v) is 5.45. The Labute approximate surface area is 133 Å². The quantitative estimate of drug-likeness (QED) is 0.651. The lowest BCUT2D eigenvalue weighted by Crippen LogP contribution is -1.97. The lowest BCUT2D eigenvalue weighted by atomic mass is 10.2. The molecule has 0 fully saturated rings. The van der Waals surface area contributed by atoms with Gasteiger partial charge in [0.05, 0.1) is 11.6 Å². The predicted molar refractivity (Wildman–Crippen MR) is 87.9 cm³/mol. The largest absolute Gasteiger partial charge is 0.459 e. The standard InChI is InChI=1S/C17H13Cl2NO/c18-12-4-3-5-13(10-12)20-11-14-8-9-17(21-14)15-6-1-2-7-16(15)19/h1-10,20H,11H2. The summed E-state index contributed by atoms with van der Waals surface area (Å²) < 4.78 is 5.82. The Balaban J connectivity index is 1.72. The number of benzene rings is 2. The summed E-state index contributed by atoms with van der Waals surface area (Å²) in [5.74, 6) is 1.60. The third-order valence-corrected chi connectivity index (χ3v) is 3.66. The Bertz CT molecular complexity index is 752. The van der Waals surface area contributed by atoms with Crippen LogP contribution in [0.25, 0.3) is 11.3 Å². The van der Waals surface area contributed by atoms with Gasteiger partial charge in [-0.1, -0.05) is 41.4 Å². The van der Waals surface area contributed by atoms with E-state index >= 15 is 0 Å². The Morgan fingerprint density at radius 1 is 0.905 bits per heavy atom. The monoisotopic (exact) mass is 317 g/mol. The summed E-state index contributed by atoms with van der Waals surface area (Å²) in [6.45, 7) is 0.588. The fourth-order valence-electron chi connectivity index (χ4n) is 2.07. The fraction of sp³-hybridized carbons (Fsp3) is 0.0588. The first-order valence-corrected chi connectivity index (χ1v) is 7.31. The fourth-order valence-corrected chi connectivity index (χ4v) is 2.49. The molecular weight excluding hydrogens is 305 g/mol. The summed E-state index contributed by atoms with van der Waals surface area (Å²) in [7, 11) is 0. The smallest absolute Gasteiger partial charge is 0.135 e. The molecule has 0 aliphatic carbocycles. The Morgan fingerprint density at radius 3 is 2.57 bits per heavy atom. The highest BCUT2D eigenvalue weighted by atomic mass is 35.5. The summed E-state index contributed by atoms with van der Waals surface area (Å²) in [6.07, 6.45) is 0. The van der Waals surface area contributed by atoms with Crippen molar-refractivity contribution in [1.82, 2.24) is 0 Å². The second kappa shape index (κ2) is 6.25. The highest BCUT2D eigenvalue weighted by molar-refractivity contribution is 6.33. The van der Waals surface area contributed by atoms with Crippen LogP contribution in [0.15, 0.2) is 65.1 Å². The Hall–Kier alpha value is -1.90. The van der Waals surface area contributed by atoms with Crippen molar-refractivity contribution in [1.29, 1.82) is 0 Å². The van der Waals surface area contributed by atoms with Gasteiger partial charge < -0.3 is 9.73 Å². The van der Waals surface area contributed by atoms with Crippen LogP contribution in [0.3, 0.4) is 0 Å². The van der Waals surface area contributed by atoms with Crippen LogP contribution in [-0.2, 0) is 6.54 Å². The van der Waals surface area contributed by atoms with Crippen molar-refractivity contribution >= 4 is 28.9 Å². The normalized spacial score (nSPS) is 10.6. The minimum atomic E-state index is 0.588. The van der Waals surface area contributed by atoms with Crippen molar-refractivity contribution in [2.45, 2.75) is 6.54 Å². The van der Waals surface area contributed by atoms with Crippen LogP contribution in [0, 0.1) is 0 Å². The molecular formula is C17H13Cl2NO. The maximum absolute atomic E-state index is 6.17. The molecule has 0 amide bonds. The van der Waals surface area contributed by atoms with Crippen molar-refractivity contribution in [3.05, 3.63) is 76.5 Å². The van der Waals surface area contributed by atoms with Crippen molar-refractivity contribution in [2.75, 3.05) is 5.32 Å². The summed E-state index contributed by atoms with van der Waals surface area (Å²) in [5, 5.41) is 4.66. The zero-order valence-electron chi connectivity index (χ0n) is 11.1. The highest BCUT2D eigenvalue weighted by Crippen LogP contribution is 2.29. The van der Waals surface area contributed by atoms with Crippen LogP contribution in [0.5, 0.6) is 0 Å². The third kappa shape index (κ3) is 3.41. The third-order valence-electron chi connectivity index (χ3n) is 3.09. The lowest BCUT2D eigenvalue weighted by Gasteiger charge is -2.04. The molecule has 3 rings (SSSR count). The maximum atomic E-state index is 6.17. The van der Waals surface area contributed by atoms with Gasteiger partial charge in [0, 0.05) is 16.3 Å². The highest BCUT2D eigenvalue weighted by Gasteiger charge is 2.07. The molecule has 0 saturated heterocycles. The van der Waals surface area contributed by atoms with E-state index in [1.807, 2.05) is 60.7 Å². The molecule has 0 aliphatic heterocycles. The molecule has 0 saturated carbocycles. The number of hydrogen-bond donors (Lipinski definition) is 1. The van der Waals surface area contributed by atoms with Gasteiger partial charge in [0.1, 0.15) is 11.5 Å². The summed E-state index contributed by atoms with van der Waals surface area (Å²) in [6, 6.07) is 19.1. The molecule has 0 atom stereocenters. The molecule has 0 unspecified atom stereocenters. The predicted octanol–water partition coefficient (Wildman–Crippen LogP) is 5.87. The van der Waals surface area contributed by atoms with E-state index in [4.69, 9.17) is 27.6 Å². The first-order chi connectivity index (χ1) is 10.2. The lowest BCUT2D eigenvalue weighted by molar-refractivity contribution is 0.531. The molecule has 0 spiro atoms. The molecule has 4 heteroatoms. The van der Waals surface area contributed by atoms with Gasteiger partial charge in [0.2, 0.25) is 0 Å². The van der Waals surface area contributed by atoms with Gasteiger partial charge >= 0.3 is 0 Å². The molecule has 2 aromatic carbocycles. The van der Waals surface area contributed by atoms with Crippen molar-refractivity contribution < 1.29 is 4.42 Å². The number of nitrogens with one attached hydrogen (secondary N) is 1. The van der Waals surface area contributed by atoms with Gasteiger partial charge in [0.25, 0.3) is 0 Å². The minimum absolute atomic E-state index is 0.588. The number of furan rings is 1. The average molecular weight is 318 g/mol. The van der Waals surface area contributed by atoms with E-state index in [1.54, 1.807) is 0 Å². The summed E-state index contributed by atoms with van der Waals surface area (Å²) >= 11 is 12.1. The molecule has 21 heavy (non-hydrogen) atoms. The average Bonchev–Trinajstić information content (AvgIpc) is 2.94. The van der Waals surface area contributed by atoms with Crippen LogP contribution in [-0.4, -0.2) is 0 Å². The topological polar surface area (TPSA) is 25.2 Å². The van der Waals surface area contributed by atoms with Gasteiger partial charge in [-0.05, 0) is 42.5 Å².